The molecule has 0 saturated carbocycles. The summed E-state index contributed by atoms with van der Waals surface area (Å²) < 4.78 is 38.0. The first kappa shape index (κ1) is 16.2. The zero-order chi connectivity index (χ0) is 16.3. The van der Waals surface area contributed by atoms with Gasteiger partial charge in [-0.15, -0.1) is 22.7 Å². The fourth-order valence-corrected chi connectivity index (χ4v) is 3.80. The third-order valence-corrected chi connectivity index (χ3v) is 5.24. The van der Waals surface area contributed by atoms with Crippen LogP contribution in [-0.2, 0) is 19.3 Å². The molecular formula is C16H13F3N2S2. The number of benzene rings is 1. The molecule has 0 aliphatic rings. The molecule has 2 heterocycles. The molecule has 2 nitrogen and oxygen atoms in total. The molecule has 0 aliphatic carbocycles. The van der Waals surface area contributed by atoms with Crippen LogP contribution < -0.4 is 5.32 Å². The lowest BCUT2D eigenvalue weighted by Crippen LogP contribution is -2.13. The number of thiophene rings is 1. The molecule has 23 heavy (non-hydrogen) atoms. The van der Waals surface area contributed by atoms with Crippen LogP contribution in [0.5, 0.6) is 0 Å². The van der Waals surface area contributed by atoms with Crippen molar-refractivity contribution >= 4 is 22.7 Å². The molecule has 0 unspecified atom stereocenters. The molecule has 0 bridgehead atoms. The number of nitrogens with zero attached hydrogens (tertiary/aromatic N) is 1. The van der Waals surface area contributed by atoms with Gasteiger partial charge in [-0.25, -0.2) is 4.98 Å². The van der Waals surface area contributed by atoms with Crippen molar-refractivity contribution in [3.63, 3.8) is 0 Å². The highest BCUT2D eigenvalue weighted by Gasteiger charge is 2.30. The van der Waals surface area contributed by atoms with Gasteiger partial charge in [-0.05, 0) is 23.1 Å². The van der Waals surface area contributed by atoms with Crippen molar-refractivity contribution in [2.75, 3.05) is 0 Å². The van der Waals surface area contributed by atoms with Gasteiger partial charge in [0, 0.05) is 24.2 Å². The van der Waals surface area contributed by atoms with Crippen molar-refractivity contribution in [3.05, 3.63) is 64.1 Å². The zero-order valence-corrected chi connectivity index (χ0v) is 13.6. The Hall–Kier alpha value is -1.70. The second-order valence-corrected chi connectivity index (χ2v) is 6.96. The Bertz CT molecular complexity index is 764. The van der Waals surface area contributed by atoms with Crippen LogP contribution in [-0.4, -0.2) is 4.98 Å². The van der Waals surface area contributed by atoms with Gasteiger partial charge in [0.15, 0.2) is 0 Å². The van der Waals surface area contributed by atoms with Crippen LogP contribution in [0.1, 0.15) is 16.1 Å². The first-order chi connectivity index (χ1) is 11.0. The molecule has 3 rings (SSSR count). The lowest BCUT2D eigenvalue weighted by Gasteiger charge is -2.09. The molecule has 7 heteroatoms. The minimum atomic E-state index is -4.30. The van der Waals surface area contributed by atoms with Gasteiger partial charge < -0.3 is 5.32 Å². The molecular weight excluding hydrogens is 341 g/mol. The Morgan fingerprint density at radius 3 is 2.65 bits per heavy atom. The summed E-state index contributed by atoms with van der Waals surface area (Å²) in [6.45, 7) is 0.907. The normalized spacial score (nSPS) is 11.8. The lowest BCUT2D eigenvalue weighted by atomic mass is 10.1. The summed E-state index contributed by atoms with van der Waals surface area (Å²) in [5, 5.41) is 6.07. The molecule has 0 aliphatic heterocycles. The Morgan fingerprint density at radius 2 is 1.91 bits per heavy atom. The Morgan fingerprint density at radius 1 is 1.04 bits per heavy atom. The SMILES string of the molecule is FC(F)(F)c1cccc(CNCc2ncc(-c3cccs3)s2)c1. The van der Waals surface area contributed by atoms with Gasteiger partial charge in [0.25, 0.3) is 0 Å². The largest absolute Gasteiger partial charge is 0.416 e. The Balaban J connectivity index is 1.58. The molecule has 0 amide bonds. The number of rotatable bonds is 5. The monoisotopic (exact) mass is 354 g/mol. The fourth-order valence-electron chi connectivity index (χ4n) is 2.10. The van der Waals surface area contributed by atoms with E-state index in [0.29, 0.717) is 18.7 Å². The summed E-state index contributed by atoms with van der Waals surface area (Å²) in [4.78, 5) is 6.62. The fraction of sp³-hybridized carbons (Fsp3) is 0.188. The predicted molar refractivity (Wildman–Crippen MR) is 87.4 cm³/mol. The van der Waals surface area contributed by atoms with Gasteiger partial charge in [-0.3, -0.25) is 0 Å². The van der Waals surface area contributed by atoms with E-state index in [0.717, 1.165) is 16.0 Å². The minimum absolute atomic E-state index is 0.373. The highest BCUT2D eigenvalue weighted by Crippen LogP contribution is 2.30. The smallest absolute Gasteiger partial charge is 0.306 e. The molecule has 0 fully saturated rings. The third kappa shape index (κ3) is 4.19. The van der Waals surface area contributed by atoms with Gasteiger partial charge in [-0.2, -0.15) is 13.2 Å². The van der Waals surface area contributed by atoms with Crippen molar-refractivity contribution in [1.82, 2.24) is 10.3 Å². The van der Waals surface area contributed by atoms with Crippen LogP contribution in [0, 0.1) is 0 Å². The maximum absolute atomic E-state index is 12.7. The van der Waals surface area contributed by atoms with Crippen LogP contribution in [0.25, 0.3) is 9.75 Å². The van der Waals surface area contributed by atoms with E-state index in [9.17, 15) is 13.2 Å². The first-order valence-corrected chi connectivity index (χ1v) is 8.57. The molecule has 0 radical (unpaired) electrons. The quantitative estimate of drug-likeness (QED) is 0.683. The topological polar surface area (TPSA) is 24.9 Å². The first-order valence-electron chi connectivity index (χ1n) is 6.88. The summed E-state index contributed by atoms with van der Waals surface area (Å²) in [6, 6.07) is 9.39. The number of nitrogens with one attached hydrogen (secondary N) is 1. The molecule has 3 aromatic rings. The van der Waals surface area contributed by atoms with Crippen LogP contribution in [0.2, 0.25) is 0 Å². The molecule has 120 valence electrons. The number of alkyl halides is 3. The van der Waals surface area contributed by atoms with Crippen molar-refractivity contribution in [2.24, 2.45) is 0 Å². The van der Waals surface area contributed by atoms with Crippen LogP contribution in [0.3, 0.4) is 0 Å². The van der Waals surface area contributed by atoms with Gasteiger partial charge in [-0.1, -0.05) is 24.3 Å². The van der Waals surface area contributed by atoms with E-state index in [2.05, 4.69) is 10.3 Å². The average molecular weight is 354 g/mol. The third-order valence-electron chi connectivity index (χ3n) is 3.18. The maximum atomic E-state index is 12.7. The molecule has 0 saturated heterocycles. The van der Waals surface area contributed by atoms with Gasteiger partial charge >= 0.3 is 6.18 Å². The van der Waals surface area contributed by atoms with E-state index in [1.54, 1.807) is 28.7 Å². The van der Waals surface area contributed by atoms with Crippen LogP contribution in [0.15, 0.2) is 48.0 Å². The molecule has 0 spiro atoms. The van der Waals surface area contributed by atoms with Gasteiger partial charge in [0.1, 0.15) is 5.01 Å². The number of halogens is 3. The van der Waals surface area contributed by atoms with E-state index >= 15 is 0 Å². The highest BCUT2D eigenvalue weighted by atomic mass is 32.1. The maximum Gasteiger partial charge on any atom is 0.416 e. The van der Waals surface area contributed by atoms with Crippen LogP contribution in [0.4, 0.5) is 13.2 Å². The van der Waals surface area contributed by atoms with Crippen molar-refractivity contribution in [1.29, 1.82) is 0 Å². The molecule has 0 atom stereocenters. The van der Waals surface area contributed by atoms with E-state index in [1.807, 2.05) is 23.7 Å². The Kier molecular flexibility index (Phi) is 4.79. The van der Waals surface area contributed by atoms with Gasteiger partial charge in [0.05, 0.1) is 10.4 Å². The van der Waals surface area contributed by atoms with Gasteiger partial charge in [0.2, 0.25) is 0 Å². The predicted octanol–water partition coefficient (Wildman–Crippen LogP) is 5.18. The van der Waals surface area contributed by atoms with Crippen molar-refractivity contribution in [3.8, 4) is 9.75 Å². The number of hydrogen-bond donors (Lipinski definition) is 1. The molecule has 1 N–H and O–H groups in total. The number of thiazole rings is 1. The standard InChI is InChI=1S/C16H13F3N2S2/c17-16(18,19)12-4-1-3-11(7-12)8-20-10-15-21-9-14(23-15)13-5-2-6-22-13/h1-7,9,20H,8,10H2. The van der Waals surface area contributed by atoms with Crippen molar-refractivity contribution < 1.29 is 13.2 Å². The van der Waals surface area contributed by atoms with E-state index < -0.39 is 11.7 Å². The van der Waals surface area contributed by atoms with E-state index in [4.69, 9.17) is 0 Å². The number of hydrogen-bond acceptors (Lipinski definition) is 4. The summed E-state index contributed by atoms with van der Waals surface area (Å²) in [5.41, 5.74) is -0.0131. The average Bonchev–Trinajstić information content (AvgIpc) is 3.18. The second kappa shape index (κ2) is 6.82. The lowest BCUT2D eigenvalue weighted by molar-refractivity contribution is -0.137. The second-order valence-electron chi connectivity index (χ2n) is 4.90. The summed E-state index contributed by atoms with van der Waals surface area (Å²) in [5.74, 6) is 0. The van der Waals surface area contributed by atoms with Crippen LogP contribution >= 0.6 is 22.7 Å². The molecule has 2 aromatic heterocycles. The van der Waals surface area contributed by atoms with E-state index in [-0.39, 0.29) is 0 Å². The summed E-state index contributed by atoms with van der Waals surface area (Å²) >= 11 is 3.25. The van der Waals surface area contributed by atoms with Crippen molar-refractivity contribution in [2.45, 2.75) is 19.3 Å². The molecule has 1 aromatic carbocycles. The zero-order valence-electron chi connectivity index (χ0n) is 11.9. The summed E-state index contributed by atoms with van der Waals surface area (Å²) in [6.07, 6.45) is -2.47. The Labute approximate surface area is 139 Å². The van der Waals surface area contributed by atoms with E-state index in [1.165, 1.54) is 17.0 Å². The number of aromatic nitrogens is 1. The minimum Gasteiger partial charge on any atom is -0.306 e. The summed E-state index contributed by atoms with van der Waals surface area (Å²) in [7, 11) is 0. The highest BCUT2D eigenvalue weighted by molar-refractivity contribution is 7.21.